The summed E-state index contributed by atoms with van der Waals surface area (Å²) in [4.78, 5) is 15.9. The van der Waals surface area contributed by atoms with Gasteiger partial charge in [-0.3, -0.25) is 9.48 Å². The highest BCUT2D eigenvalue weighted by Gasteiger charge is 2.13. The fraction of sp³-hybridized carbons (Fsp3) is 0.143. The molecule has 4 rings (SSSR count). The average molecular weight is 345 g/mol. The third-order valence-electron chi connectivity index (χ3n) is 4.49. The molecule has 130 valence electrons. The lowest BCUT2D eigenvalue weighted by molar-refractivity contribution is 0.0994. The number of ketones is 1. The van der Waals surface area contributed by atoms with Crippen LogP contribution in [0.2, 0.25) is 0 Å². The van der Waals surface area contributed by atoms with Crippen LogP contribution in [-0.4, -0.2) is 32.3 Å². The topological polar surface area (TPSA) is 70.9 Å². The number of benzene rings is 2. The van der Waals surface area contributed by atoms with Crippen LogP contribution in [0.5, 0.6) is 0 Å². The minimum absolute atomic E-state index is 0.0592. The fourth-order valence-electron chi connectivity index (χ4n) is 3.15. The molecular formula is C21H19N3O2. The summed E-state index contributed by atoms with van der Waals surface area (Å²) in [5.74, 6) is 0.103. The highest BCUT2D eigenvalue weighted by molar-refractivity contribution is 6.09. The molecule has 0 radical (unpaired) electrons. The standard InChI is InChI=1S/C21H19N3O2/c25-9-8-24-14-17(12-23-24)16-6-7-18-19(13-22-20(18)11-16)21(26)10-15-4-2-1-3-5-15/h1-7,11-14,22,25H,8-10H2. The maximum Gasteiger partial charge on any atom is 0.169 e. The number of aromatic amines is 1. The quantitative estimate of drug-likeness (QED) is 0.526. The summed E-state index contributed by atoms with van der Waals surface area (Å²) < 4.78 is 1.71. The first-order valence-corrected chi connectivity index (χ1v) is 8.56. The van der Waals surface area contributed by atoms with E-state index in [2.05, 4.69) is 10.1 Å². The van der Waals surface area contributed by atoms with Crippen molar-refractivity contribution >= 4 is 16.7 Å². The largest absolute Gasteiger partial charge is 0.394 e. The predicted molar refractivity (Wildman–Crippen MR) is 101 cm³/mol. The molecule has 0 atom stereocenters. The number of carbonyl (C=O) groups excluding carboxylic acids is 1. The Hall–Kier alpha value is -3.18. The van der Waals surface area contributed by atoms with E-state index in [1.165, 1.54) is 0 Å². The SMILES string of the molecule is O=C(Cc1ccccc1)c1c[nH]c2cc(-c3cnn(CCO)c3)ccc12. The van der Waals surface area contributed by atoms with Crippen LogP contribution in [0.1, 0.15) is 15.9 Å². The van der Waals surface area contributed by atoms with E-state index < -0.39 is 0 Å². The van der Waals surface area contributed by atoms with Crippen LogP contribution < -0.4 is 0 Å². The van der Waals surface area contributed by atoms with Gasteiger partial charge in [0.05, 0.1) is 19.3 Å². The van der Waals surface area contributed by atoms with Crippen molar-refractivity contribution in [2.45, 2.75) is 13.0 Å². The maximum absolute atomic E-state index is 12.7. The Balaban J connectivity index is 1.61. The van der Waals surface area contributed by atoms with E-state index in [1.807, 2.05) is 54.7 Å². The van der Waals surface area contributed by atoms with Crippen molar-refractivity contribution in [3.05, 3.63) is 78.2 Å². The minimum Gasteiger partial charge on any atom is -0.394 e. The van der Waals surface area contributed by atoms with E-state index in [4.69, 9.17) is 5.11 Å². The summed E-state index contributed by atoms with van der Waals surface area (Å²) in [7, 11) is 0. The smallest absolute Gasteiger partial charge is 0.169 e. The van der Waals surface area contributed by atoms with Gasteiger partial charge in [-0.2, -0.15) is 5.10 Å². The van der Waals surface area contributed by atoms with Crippen molar-refractivity contribution in [1.82, 2.24) is 14.8 Å². The number of aromatic nitrogens is 3. The zero-order valence-corrected chi connectivity index (χ0v) is 14.2. The van der Waals surface area contributed by atoms with Gasteiger partial charge in [-0.15, -0.1) is 0 Å². The first kappa shape index (κ1) is 16.3. The maximum atomic E-state index is 12.7. The Morgan fingerprint density at radius 2 is 1.96 bits per heavy atom. The van der Waals surface area contributed by atoms with Crippen molar-refractivity contribution in [2.24, 2.45) is 0 Å². The molecule has 0 bridgehead atoms. The number of hydrogen-bond donors (Lipinski definition) is 2. The first-order chi connectivity index (χ1) is 12.7. The number of Topliss-reactive ketones (excluding diaryl/α,β-unsaturated/α-hetero) is 1. The zero-order chi connectivity index (χ0) is 17.9. The molecule has 0 aliphatic heterocycles. The van der Waals surface area contributed by atoms with Crippen LogP contribution in [0.15, 0.2) is 67.1 Å². The summed E-state index contributed by atoms with van der Waals surface area (Å²) in [5, 5.41) is 14.2. The van der Waals surface area contributed by atoms with Gasteiger partial charge in [-0.05, 0) is 17.2 Å². The lowest BCUT2D eigenvalue weighted by atomic mass is 10.0. The molecule has 2 aromatic heterocycles. The molecule has 0 spiro atoms. The normalized spacial score (nSPS) is 11.1. The molecule has 2 aromatic carbocycles. The molecule has 26 heavy (non-hydrogen) atoms. The van der Waals surface area contributed by atoms with E-state index in [0.29, 0.717) is 18.5 Å². The molecule has 0 amide bonds. The highest BCUT2D eigenvalue weighted by Crippen LogP contribution is 2.26. The van der Waals surface area contributed by atoms with Crippen molar-refractivity contribution < 1.29 is 9.90 Å². The van der Waals surface area contributed by atoms with Gasteiger partial charge in [-0.25, -0.2) is 0 Å². The molecule has 5 heteroatoms. The van der Waals surface area contributed by atoms with E-state index in [9.17, 15) is 4.79 Å². The lowest BCUT2D eigenvalue weighted by Gasteiger charge is -2.02. The number of nitrogens with zero attached hydrogens (tertiary/aromatic N) is 2. The number of hydrogen-bond acceptors (Lipinski definition) is 3. The van der Waals surface area contributed by atoms with E-state index in [1.54, 1.807) is 17.1 Å². The molecule has 2 heterocycles. The van der Waals surface area contributed by atoms with Crippen LogP contribution in [0.4, 0.5) is 0 Å². The van der Waals surface area contributed by atoms with Crippen LogP contribution in [0, 0.1) is 0 Å². The predicted octanol–water partition coefficient (Wildman–Crippen LogP) is 3.45. The molecule has 2 N–H and O–H groups in total. The Morgan fingerprint density at radius 3 is 2.77 bits per heavy atom. The summed E-state index contributed by atoms with van der Waals surface area (Å²) in [6.07, 6.45) is 5.86. The van der Waals surface area contributed by atoms with Crippen LogP contribution in [-0.2, 0) is 13.0 Å². The highest BCUT2D eigenvalue weighted by atomic mass is 16.3. The molecular weight excluding hydrogens is 326 g/mol. The number of fused-ring (bicyclic) bond motifs is 1. The third-order valence-corrected chi connectivity index (χ3v) is 4.49. The summed E-state index contributed by atoms with van der Waals surface area (Å²) >= 11 is 0. The van der Waals surface area contributed by atoms with Crippen LogP contribution in [0.3, 0.4) is 0 Å². The van der Waals surface area contributed by atoms with Gasteiger partial charge >= 0.3 is 0 Å². The van der Waals surface area contributed by atoms with E-state index in [-0.39, 0.29) is 12.4 Å². The number of aliphatic hydroxyl groups excluding tert-OH is 1. The number of carbonyl (C=O) groups is 1. The van der Waals surface area contributed by atoms with Gasteiger partial charge in [0, 0.05) is 40.8 Å². The summed E-state index contributed by atoms with van der Waals surface area (Å²) in [5.41, 5.74) is 4.65. The third kappa shape index (κ3) is 3.17. The Labute approximate surface area is 150 Å². The molecule has 5 nitrogen and oxygen atoms in total. The second-order valence-electron chi connectivity index (χ2n) is 6.26. The first-order valence-electron chi connectivity index (χ1n) is 8.56. The molecule has 0 saturated carbocycles. The van der Waals surface area contributed by atoms with Crippen molar-refractivity contribution in [2.75, 3.05) is 6.61 Å². The molecule has 0 unspecified atom stereocenters. The monoisotopic (exact) mass is 345 g/mol. The molecule has 0 saturated heterocycles. The number of H-pyrrole nitrogens is 1. The van der Waals surface area contributed by atoms with Crippen molar-refractivity contribution in [1.29, 1.82) is 0 Å². The number of rotatable bonds is 6. The number of aliphatic hydroxyl groups is 1. The molecule has 0 fully saturated rings. The van der Waals surface area contributed by atoms with Crippen LogP contribution >= 0.6 is 0 Å². The van der Waals surface area contributed by atoms with Crippen LogP contribution in [0.25, 0.3) is 22.0 Å². The number of nitrogens with one attached hydrogen (secondary N) is 1. The van der Waals surface area contributed by atoms with Gasteiger partial charge < -0.3 is 10.1 Å². The van der Waals surface area contributed by atoms with Gasteiger partial charge in [0.25, 0.3) is 0 Å². The molecule has 0 aliphatic rings. The molecule has 4 aromatic rings. The van der Waals surface area contributed by atoms with Gasteiger partial charge in [0.1, 0.15) is 0 Å². The Kier molecular flexibility index (Phi) is 4.37. The van der Waals surface area contributed by atoms with Gasteiger partial charge in [-0.1, -0.05) is 42.5 Å². The van der Waals surface area contributed by atoms with E-state index in [0.717, 1.165) is 27.6 Å². The second kappa shape index (κ2) is 6.98. The van der Waals surface area contributed by atoms with Crippen molar-refractivity contribution in [3.8, 4) is 11.1 Å². The van der Waals surface area contributed by atoms with E-state index >= 15 is 0 Å². The fourth-order valence-corrected chi connectivity index (χ4v) is 3.15. The minimum atomic E-state index is 0.0592. The Bertz CT molecular complexity index is 1050. The van der Waals surface area contributed by atoms with Gasteiger partial charge in [0.2, 0.25) is 0 Å². The summed E-state index contributed by atoms with van der Waals surface area (Å²) in [6.45, 7) is 0.534. The van der Waals surface area contributed by atoms with Gasteiger partial charge in [0.15, 0.2) is 5.78 Å². The second-order valence-corrected chi connectivity index (χ2v) is 6.26. The lowest BCUT2D eigenvalue weighted by Crippen LogP contribution is -2.02. The van der Waals surface area contributed by atoms with Crippen molar-refractivity contribution in [3.63, 3.8) is 0 Å². The average Bonchev–Trinajstić information content (AvgIpc) is 3.29. The zero-order valence-electron chi connectivity index (χ0n) is 14.2. The summed E-state index contributed by atoms with van der Waals surface area (Å²) in [6, 6.07) is 15.8. The Morgan fingerprint density at radius 1 is 1.12 bits per heavy atom. The molecule has 0 aliphatic carbocycles.